The lowest BCUT2D eigenvalue weighted by molar-refractivity contribution is -0.137. The molecule has 0 unspecified atom stereocenters. The van der Waals surface area contributed by atoms with Crippen LogP contribution in [0.1, 0.15) is 50.7 Å². The Hall–Kier alpha value is -4.38. The zero-order chi connectivity index (χ0) is 29.8. The summed E-state index contributed by atoms with van der Waals surface area (Å²) < 4.78 is 36.8. The van der Waals surface area contributed by atoms with Gasteiger partial charge in [-0.05, 0) is 67.6 Å². The maximum absolute atomic E-state index is 13.0. The number of nitrogens with one attached hydrogen (secondary N) is 2. The molecule has 216 valence electrons. The number of sulfone groups is 1. The molecule has 1 aliphatic carbocycles. The number of carbonyl (C=O) groups excluding carboxylic acids is 2. The minimum Gasteiger partial charge on any atom is -0.481 e. The maximum atomic E-state index is 13.0. The topological polar surface area (TPSA) is 148 Å². The van der Waals surface area contributed by atoms with Crippen LogP contribution in [0.4, 0.5) is 21.0 Å². The second-order valence-electron chi connectivity index (χ2n) is 10.6. The third kappa shape index (κ3) is 7.63. The average Bonchev–Trinajstić information content (AvgIpc) is 3.19. The molecule has 0 fully saturated rings. The van der Waals surface area contributed by atoms with Gasteiger partial charge in [0.25, 0.3) is 0 Å². The van der Waals surface area contributed by atoms with Gasteiger partial charge < -0.3 is 14.6 Å². The third-order valence-corrected chi connectivity index (χ3v) is 8.08. The van der Waals surface area contributed by atoms with Crippen molar-refractivity contribution in [1.29, 1.82) is 0 Å². The Morgan fingerprint density at radius 3 is 1.93 bits per heavy atom. The van der Waals surface area contributed by atoms with Gasteiger partial charge in [0, 0.05) is 23.7 Å². The van der Waals surface area contributed by atoms with Crippen molar-refractivity contribution in [2.24, 2.45) is 0 Å². The summed E-state index contributed by atoms with van der Waals surface area (Å²) >= 11 is 0. The smallest absolute Gasteiger partial charge is 0.412 e. The standard InChI is InChI=1S/C30H32N2O8S/c1-30(2,3)40-29(36)32-20-15-19(16-21(17-20)41(37,38)14-8-13-27(33)34)31-28(35)39-18-26-24-11-6-4-9-22(24)23-10-5-7-12-25(23)26/h4-7,9-12,15-17,26H,8,13-14,18H2,1-3H3,(H,31,35)(H,32,36)(H,33,34). The molecule has 0 heterocycles. The highest BCUT2D eigenvalue weighted by atomic mass is 32.2. The molecule has 10 nitrogen and oxygen atoms in total. The predicted octanol–water partition coefficient (Wildman–Crippen LogP) is 6.03. The molecule has 0 saturated heterocycles. The molecule has 3 aromatic rings. The van der Waals surface area contributed by atoms with Crippen molar-refractivity contribution in [3.63, 3.8) is 0 Å². The van der Waals surface area contributed by atoms with Crippen LogP contribution >= 0.6 is 0 Å². The van der Waals surface area contributed by atoms with Gasteiger partial charge in [0.1, 0.15) is 12.2 Å². The second-order valence-corrected chi connectivity index (χ2v) is 12.7. The lowest BCUT2D eigenvalue weighted by Crippen LogP contribution is -2.27. The van der Waals surface area contributed by atoms with Crippen molar-refractivity contribution in [2.45, 2.75) is 50.0 Å². The van der Waals surface area contributed by atoms with Crippen LogP contribution in [-0.4, -0.2) is 49.6 Å². The van der Waals surface area contributed by atoms with Gasteiger partial charge in [-0.3, -0.25) is 15.4 Å². The number of carboxylic acids is 1. The molecule has 3 N–H and O–H groups in total. The van der Waals surface area contributed by atoms with Gasteiger partial charge in [0.2, 0.25) is 0 Å². The lowest BCUT2D eigenvalue weighted by atomic mass is 9.98. The van der Waals surface area contributed by atoms with Crippen LogP contribution in [0, 0.1) is 0 Å². The number of carboxylic acid groups (broad SMARTS) is 1. The minimum absolute atomic E-state index is 0.0516. The number of carbonyl (C=O) groups is 3. The number of rotatable bonds is 9. The first-order chi connectivity index (χ1) is 19.3. The van der Waals surface area contributed by atoms with Crippen LogP contribution in [0.15, 0.2) is 71.6 Å². The van der Waals surface area contributed by atoms with Crippen molar-refractivity contribution in [1.82, 2.24) is 0 Å². The van der Waals surface area contributed by atoms with E-state index in [1.54, 1.807) is 20.8 Å². The van der Waals surface area contributed by atoms with Crippen LogP contribution in [0.5, 0.6) is 0 Å². The van der Waals surface area contributed by atoms with Gasteiger partial charge in [0.15, 0.2) is 9.84 Å². The summed E-state index contributed by atoms with van der Waals surface area (Å²) in [6.45, 7) is 5.09. The van der Waals surface area contributed by atoms with E-state index < -0.39 is 39.3 Å². The van der Waals surface area contributed by atoms with E-state index in [4.69, 9.17) is 14.6 Å². The Labute approximate surface area is 238 Å². The molecule has 0 spiro atoms. The molecule has 0 atom stereocenters. The molecule has 11 heteroatoms. The summed E-state index contributed by atoms with van der Waals surface area (Å²) in [5.74, 6) is -1.71. The van der Waals surface area contributed by atoms with Gasteiger partial charge >= 0.3 is 18.2 Å². The summed E-state index contributed by atoms with van der Waals surface area (Å²) in [6, 6.07) is 19.6. The number of fused-ring (bicyclic) bond motifs is 3. The predicted molar refractivity (Wildman–Crippen MR) is 154 cm³/mol. The Kier molecular flexibility index (Phi) is 8.67. The van der Waals surface area contributed by atoms with Crippen molar-refractivity contribution in [2.75, 3.05) is 23.0 Å². The maximum Gasteiger partial charge on any atom is 0.412 e. The monoisotopic (exact) mass is 580 g/mol. The number of ether oxygens (including phenoxy) is 2. The summed E-state index contributed by atoms with van der Waals surface area (Å²) in [5.41, 5.74) is 3.57. The quantitative estimate of drug-likeness (QED) is 0.278. The zero-order valence-corrected chi connectivity index (χ0v) is 23.8. The van der Waals surface area contributed by atoms with Crippen LogP contribution in [0.25, 0.3) is 11.1 Å². The molecular weight excluding hydrogens is 548 g/mol. The van der Waals surface area contributed by atoms with E-state index >= 15 is 0 Å². The second kappa shape index (κ2) is 12.0. The average molecular weight is 581 g/mol. The van der Waals surface area contributed by atoms with E-state index in [1.807, 2.05) is 48.5 Å². The zero-order valence-electron chi connectivity index (χ0n) is 23.0. The normalized spacial score (nSPS) is 12.7. The van der Waals surface area contributed by atoms with Crippen molar-refractivity contribution in [3.05, 3.63) is 77.9 Å². The van der Waals surface area contributed by atoms with Crippen LogP contribution in [0.3, 0.4) is 0 Å². The minimum atomic E-state index is -3.95. The first kappa shape index (κ1) is 29.6. The first-order valence-corrected chi connectivity index (χ1v) is 14.7. The number of amides is 2. The molecule has 0 saturated carbocycles. The van der Waals surface area contributed by atoms with Crippen LogP contribution in [-0.2, 0) is 24.1 Å². The van der Waals surface area contributed by atoms with Gasteiger partial charge in [-0.2, -0.15) is 0 Å². The molecule has 4 rings (SSSR count). The largest absolute Gasteiger partial charge is 0.481 e. The number of benzene rings is 3. The Morgan fingerprint density at radius 1 is 0.854 bits per heavy atom. The molecule has 2 amide bonds. The van der Waals surface area contributed by atoms with Gasteiger partial charge in [-0.1, -0.05) is 48.5 Å². The fourth-order valence-corrected chi connectivity index (χ4v) is 6.00. The summed E-state index contributed by atoms with van der Waals surface area (Å²) in [4.78, 5) is 35.9. The third-order valence-electron chi connectivity index (χ3n) is 6.30. The summed E-state index contributed by atoms with van der Waals surface area (Å²) in [5, 5.41) is 13.9. The van der Waals surface area contributed by atoms with E-state index in [0.717, 1.165) is 22.3 Å². The van der Waals surface area contributed by atoms with Crippen molar-refractivity contribution in [3.8, 4) is 11.1 Å². The number of hydrogen-bond donors (Lipinski definition) is 3. The fraction of sp³-hybridized carbons (Fsp3) is 0.300. The van der Waals surface area contributed by atoms with Crippen molar-refractivity contribution >= 4 is 39.4 Å². The van der Waals surface area contributed by atoms with E-state index in [2.05, 4.69) is 10.6 Å². The summed E-state index contributed by atoms with van der Waals surface area (Å²) in [6.07, 6.45) is -2.04. The number of aliphatic carboxylic acids is 1. The molecule has 0 radical (unpaired) electrons. The Morgan fingerprint density at radius 2 is 1.39 bits per heavy atom. The van der Waals surface area contributed by atoms with Gasteiger partial charge in [-0.15, -0.1) is 0 Å². The summed E-state index contributed by atoms with van der Waals surface area (Å²) in [7, 11) is -3.95. The Balaban J connectivity index is 1.53. The van der Waals surface area contributed by atoms with E-state index in [9.17, 15) is 22.8 Å². The molecule has 0 aromatic heterocycles. The molecule has 1 aliphatic rings. The molecule has 3 aromatic carbocycles. The van der Waals surface area contributed by atoms with Gasteiger partial charge in [-0.25, -0.2) is 18.0 Å². The molecule has 41 heavy (non-hydrogen) atoms. The molecule has 0 bridgehead atoms. The highest BCUT2D eigenvalue weighted by Crippen LogP contribution is 2.44. The fourth-order valence-electron chi connectivity index (χ4n) is 4.63. The molecule has 0 aliphatic heterocycles. The van der Waals surface area contributed by atoms with E-state index in [-0.39, 0.29) is 41.6 Å². The number of anilines is 2. The highest BCUT2D eigenvalue weighted by molar-refractivity contribution is 7.91. The van der Waals surface area contributed by atoms with Crippen LogP contribution < -0.4 is 10.6 Å². The van der Waals surface area contributed by atoms with Crippen molar-refractivity contribution < 1.29 is 37.4 Å². The van der Waals surface area contributed by atoms with E-state index in [0.29, 0.717) is 0 Å². The molecular formula is C30H32N2O8S. The highest BCUT2D eigenvalue weighted by Gasteiger charge is 2.29. The van der Waals surface area contributed by atoms with Gasteiger partial charge in [0.05, 0.1) is 10.6 Å². The lowest BCUT2D eigenvalue weighted by Gasteiger charge is -2.20. The first-order valence-electron chi connectivity index (χ1n) is 13.0. The SMILES string of the molecule is CC(C)(C)OC(=O)Nc1cc(NC(=O)OCC2c3ccccc3-c3ccccc32)cc(S(=O)(=O)CCCC(=O)O)c1. The van der Waals surface area contributed by atoms with E-state index in [1.165, 1.54) is 18.2 Å². The Bertz CT molecular complexity index is 1530. The number of hydrogen-bond acceptors (Lipinski definition) is 7. The van der Waals surface area contributed by atoms with Crippen LogP contribution in [0.2, 0.25) is 0 Å².